The summed E-state index contributed by atoms with van der Waals surface area (Å²) in [7, 11) is -3.66. The molecule has 8 heteroatoms. The summed E-state index contributed by atoms with van der Waals surface area (Å²) in [6, 6.07) is 0. The largest absolute Gasteiger partial charge is 0.741 e. The molecule has 0 N–H and O–H groups in total. The zero-order valence-corrected chi connectivity index (χ0v) is 12.9. The summed E-state index contributed by atoms with van der Waals surface area (Å²) in [5.74, 6) is 0. The van der Waals surface area contributed by atoms with Crippen LogP contribution < -0.4 is 0 Å². The molecule has 0 spiro atoms. The normalized spacial score (nSPS) is 18.5. The lowest BCUT2D eigenvalue weighted by atomic mass is 10.2. The number of halogens is 3. The van der Waals surface area contributed by atoms with Gasteiger partial charge in [-0.1, -0.05) is 19.8 Å². The minimum absolute atomic E-state index is 1.36. The Morgan fingerprint density at radius 1 is 1.10 bits per heavy atom. The molecular weight excluding hydrogens is 295 g/mol. The third-order valence-corrected chi connectivity index (χ3v) is 4.05. The Hall–Kier alpha value is -0.340. The van der Waals surface area contributed by atoms with Gasteiger partial charge in [-0.2, -0.15) is 13.2 Å². The van der Waals surface area contributed by atoms with E-state index in [9.17, 15) is 13.2 Å². The van der Waals surface area contributed by atoms with E-state index in [2.05, 4.69) is 14.0 Å². The van der Waals surface area contributed by atoms with Crippen LogP contribution in [-0.2, 0) is 10.1 Å². The van der Waals surface area contributed by atoms with Crippen molar-refractivity contribution in [2.45, 2.75) is 51.0 Å². The van der Waals surface area contributed by atoms with Crippen LogP contribution in [0.15, 0.2) is 0 Å². The fourth-order valence-corrected chi connectivity index (χ4v) is 2.24. The van der Waals surface area contributed by atoms with Gasteiger partial charge in [0.25, 0.3) is 0 Å². The van der Waals surface area contributed by atoms with E-state index in [1.54, 1.807) is 0 Å². The Morgan fingerprint density at radius 2 is 1.55 bits per heavy atom. The van der Waals surface area contributed by atoms with E-state index in [4.69, 9.17) is 13.0 Å². The second kappa shape index (κ2) is 8.19. The van der Waals surface area contributed by atoms with Crippen LogP contribution in [0.1, 0.15) is 45.4 Å². The predicted molar refractivity (Wildman–Crippen MR) is 69.9 cm³/mol. The van der Waals surface area contributed by atoms with Gasteiger partial charge in [-0.3, -0.25) is 0 Å². The molecule has 0 unspecified atom stereocenters. The van der Waals surface area contributed by atoms with Crippen molar-refractivity contribution in [1.29, 1.82) is 0 Å². The maximum atomic E-state index is 10.7. The third kappa shape index (κ3) is 8.06. The molecule has 0 aliphatic carbocycles. The first kappa shape index (κ1) is 19.7. The van der Waals surface area contributed by atoms with Gasteiger partial charge < -0.3 is 9.04 Å². The van der Waals surface area contributed by atoms with E-state index in [-0.39, 0.29) is 0 Å². The molecule has 20 heavy (non-hydrogen) atoms. The van der Waals surface area contributed by atoms with Gasteiger partial charge in [-0.05, 0) is 12.8 Å². The van der Waals surface area contributed by atoms with Gasteiger partial charge in [0.1, 0.15) is 0 Å². The highest BCUT2D eigenvalue weighted by atomic mass is 32.2. The molecule has 1 rings (SSSR count). The lowest BCUT2D eigenvalue weighted by Gasteiger charge is -2.29. The maximum absolute atomic E-state index is 10.7. The highest BCUT2D eigenvalue weighted by molar-refractivity contribution is 7.86. The molecule has 0 amide bonds. The molecule has 1 aliphatic heterocycles. The number of hydrogen-bond donors (Lipinski definition) is 0. The van der Waals surface area contributed by atoms with Gasteiger partial charge >= 0.3 is 5.51 Å². The van der Waals surface area contributed by atoms with Gasteiger partial charge in [-0.25, -0.2) is 8.42 Å². The van der Waals surface area contributed by atoms with E-state index in [0.717, 1.165) is 0 Å². The van der Waals surface area contributed by atoms with Gasteiger partial charge in [0.2, 0.25) is 0 Å². The summed E-state index contributed by atoms with van der Waals surface area (Å²) in [6.45, 7) is 6.59. The van der Waals surface area contributed by atoms with E-state index in [1.807, 2.05) is 0 Å². The van der Waals surface area contributed by atoms with Crippen molar-refractivity contribution in [2.24, 2.45) is 0 Å². The molecular formula is C12H24F3NO3S. The van der Waals surface area contributed by atoms with Gasteiger partial charge in [0.15, 0.2) is 10.1 Å². The van der Waals surface area contributed by atoms with Crippen molar-refractivity contribution in [3.05, 3.63) is 0 Å². The third-order valence-electron chi connectivity index (χ3n) is 3.48. The van der Waals surface area contributed by atoms with E-state index >= 15 is 0 Å². The fraction of sp³-hybridized carbons (Fsp3) is 1.00. The van der Waals surface area contributed by atoms with E-state index < -0.39 is 15.6 Å². The minimum Gasteiger partial charge on any atom is -0.741 e. The Balaban J connectivity index is 0.000000396. The zero-order chi connectivity index (χ0) is 15.9. The number of unbranched alkanes of at least 4 members (excludes halogenated alkanes) is 3. The lowest BCUT2D eigenvalue weighted by Crippen LogP contribution is -2.41. The Labute approximate surface area is 119 Å². The Morgan fingerprint density at radius 3 is 1.90 bits per heavy atom. The van der Waals surface area contributed by atoms with Crippen LogP contribution in [0, 0.1) is 0 Å². The summed E-state index contributed by atoms with van der Waals surface area (Å²) >= 11 is 0. The number of quaternary nitrogens is 1. The van der Waals surface area contributed by atoms with Crippen LogP contribution in [0.4, 0.5) is 13.2 Å². The second-order valence-electron chi connectivity index (χ2n) is 5.46. The molecule has 1 saturated heterocycles. The van der Waals surface area contributed by atoms with Crippen LogP contribution in [0.25, 0.3) is 0 Å². The van der Waals surface area contributed by atoms with Crippen molar-refractivity contribution in [1.82, 2.24) is 0 Å². The summed E-state index contributed by atoms with van der Waals surface area (Å²) < 4.78 is 60.3. The monoisotopic (exact) mass is 319 g/mol. The van der Waals surface area contributed by atoms with Crippen molar-refractivity contribution >= 4 is 10.1 Å². The van der Waals surface area contributed by atoms with Crippen molar-refractivity contribution in [3.8, 4) is 0 Å². The molecule has 0 aromatic heterocycles. The first-order valence-electron chi connectivity index (χ1n) is 6.87. The van der Waals surface area contributed by atoms with Crippen molar-refractivity contribution < 1.29 is 30.6 Å². The van der Waals surface area contributed by atoms with Crippen LogP contribution >= 0.6 is 0 Å². The van der Waals surface area contributed by atoms with E-state index in [0.29, 0.717) is 0 Å². The minimum atomic E-state index is -6.09. The van der Waals surface area contributed by atoms with Crippen LogP contribution in [-0.4, -0.2) is 49.6 Å². The highest BCUT2D eigenvalue weighted by Crippen LogP contribution is 2.20. The fourth-order valence-electron chi connectivity index (χ4n) is 2.24. The molecule has 1 aliphatic rings. The first-order chi connectivity index (χ1) is 9.02. The number of nitrogens with zero attached hydrogens (tertiary/aromatic N) is 1. The van der Waals surface area contributed by atoms with Crippen LogP contribution in [0.5, 0.6) is 0 Å². The van der Waals surface area contributed by atoms with Crippen LogP contribution in [0.2, 0.25) is 0 Å². The smallest absolute Gasteiger partial charge is 0.485 e. The number of hydrogen-bond acceptors (Lipinski definition) is 3. The van der Waals surface area contributed by atoms with Crippen LogP contribution in [0.3, 0.4) is 0 Å². The van der Waals surface area contributed by atoms with Gasteiger partial charge in [0.05, 0.1) is 26.7 Å². The quantitative estimate of drug-likeness (QED) is 0.339. The molecule has 0 bridgehead atoms. The SMILES string of the molecule is CCCCCC[N+]1(C)CCCC1.O=S(=O)([O-])C(F)(F)F. The summed E-state index contributed by atoms with van der Waals surface area (Å²) in [4.78, 5) is 0. The summed E-state index contributed by atoms with van der Waals surface area (Å²) in [6.07, 6.45) is 8.62. The molecule has 4 nitrogen and oxygen atoms in total. The number of alkyl halides is 3. The molecule has 0 atom stereocenters. The zero-order valence-electron chi connectivity index (χ0n) is 12.1. The standard InChI is InChI=1S/C11H24N.CHF3O3S/c1-3-4-5-6-9-12(2)10-7-8-11-12;2-1(3,4)8(5,6)7/h3-11H2,1-2H3;(H,5,6,7)/q+1;/p-1. The highest BCUT2D eigenvalue weighted by Gasteiger charge is 2.36. The van der Waals surface area contributed by atoms with Crippen molar-refractivity contribution in [2.75, 3.05) is 26.7 Å². The molecule has 122 valence electrons. The van der Waals surface area contributed by atoms with Gasteiger partial charge in [-0.15, -0.1) is 0 Å². The average Bonchev–Trinajstić information content (AvgIpc) is 2.70. The first-order valence-corrected chi connectivity index (χ1v) is 8.28. The lowest BCUT2D eigenvalue weighted by molar-refractivity contribution is -0.897. The number of likely N-dealkylation sites (tertiary alicyclic amines) is 1. The topological polar surface area (TPSA) is 57.2 Å². The van der Waals surface area contributed by atoms with Crippen molar-refractivity contribution in [3.63, 3.8) is 0 Å². The summed E-state index contributed by atoms with van der Waals surface area (Å²) in [5.41, 5.74) is -5.65. The Kier molecular flexibility index (Phi) is 8.05. The number of rotatable bonds is 5. The molecule has 0 radical (unpaired) electrons. The molecule has 1 fully saturated rings. The Bertz CT molecular complexity index is 363. The predicted octanol–water partition coefficient (Wildman–Crippen LogP) is 2.86. The van der Waals surface area contributed by atoms with E-state index in [1.165, 1.54) is 62.6 Å². The van der Waals surface area contributed by atoms with Gasteiger partial charge in [0, 0.05) is 12.8 Å². The average molecular weight is 319 g/mol. The maximum Gasteiger partial charge on any atom is 0.485 e. The molecule has 1 heterocycles. The molecule has 0 aromatic rings. The molecule has 0 aromatic carbocycles. The molecule has 0 saturated carbocycles. The second-order valence-corrected chi connectivity index (χ2v) is 6.83. The summed E-state index contributed by atoms with van der Waals surface area (Å²) in [5, 5.41) is 0.